The van der Waals surface area contributed by atoms with Gasteiger partial charge in [-0.3, -0.25) is 4.98 Å². The third-order valence-electron chi connectivity index (χ3n) is 8.73. The number of rotatable bonds is 7. The molecule has 0 bridgehead atoms. The highest BCUT2D eigenvalue weighted by molar-refractivity contribution is 7.21. The molecule has 4 heterocycles. The van der Waals surface area contributed by atoms with Crippen molar-refractivity contribution in [2.45, 2.75) is 57.4 Å². The molecule has 7 rings (SSSR count). The van der Waals surface area contributed by atoms with Gasteiger partial charge in [0.2, 0.25) is 0 Å². The number of carbonyl (C=O) groups is 1. The molecular formula is C36H31F2N3O2S. The molecule has 0 atom stereocenters. The molecule has 4 aromatic heterocycles. The fourth-order valence-corrected chi connectivity index (χ4v) is 7.81. The number of aromatic nitrogens is 3. The lowest BCUT2D eigenvalue weighted by atomic mass is 9.83. The van der Waals surface area contributed by atoms with Crippen molar-refractivity contribution in [2.24, 2.45) is 0 Å². The molecule has 1 N–H and O–H groups in total. The van der Waals surface area contributed by atoms with Crippen LogP contribution in [0.1, 0.15) is 71.3 Å². The Morgan fingerprint density at radius 1 is 1.00 bits per heavy atom. The third-order valence-corrected chi connectivity index (χ3v) is 9.87. The monoisotopic (exact) mass is 607 g/mol. The topological polar surface area (TPSA) is 68.0 Å². The number of nitrogens with zero attached hydrogens (tertiary/aromatic N) is 3. The highest BCUT2D eigenvalue weighted by atomic mass is 32.1. The minimum atomic E-state index is -2.99. The Hall–Kier alpha value is -4.43. The molecule has 6 aromatic rings. The number of carboxylic acids is 1. The molecule has 1 aliphatic carbocycles. The number of hydrogen-bond acceptors (Lipinski definition) is 4. The molecule has 0 spiro atoms. The van der Waals surface area contributed by atoms with Gasteiger partial charge >= 0.3 is 5.97 Å². The third kappa shape index (κ3) is 5.17. The van der Waals surface area contributed by atoms with Gasteiger partial charge < -0.3 is 9.67 Å². The highest BCUT2D eigenvalue weighted by Gasteiger charge is 2.30. The van der Waals surface area contributed by atoms with Crippen LogP contribution in [0.2, 0.25) is 0 Å². The van der Waals surface area contributed by atoms with Crippen molar-refractivity contribution in [3.05, 3.63) is 107 Å². The standard InChI is InChI=1S/C36H31F2N3O2S/c1-36(37,38)27-10-6-5-9-26(27)29-14-11-24-19-25(12-13-28(24)40-29)33-32(23-7-3-2-4-8-23)34-30(20-31(44-34)35(42)43)41(33)21-22-15-17-39-18-16-22/h5-6,9-20,23H,2-4,7-8,21H2,1H3,(H,42,43). The summed E-state index contributed by atoms with van der Waals surface area (Å²) in [4.78, 5) is 21.4. The van der Waals surface area contributed by atoms with Crippen LogP contribution in [0.3, 0.4) is 0 Å². The second kappa shape index (κ2) is 11.2. The van der Waals surface area contributed by atoms with E-state index >= 15 is 0 Å². The van der Waals surface area contributed by atoms with E-state index in [0.717, 1.165) is 70.5 Å². The Morgan fingerprint density at radius 3 is 2.52 bits per heavy atom. The largest absolute Gasteiger partial charge is 0.477 e. The molecule has 0 unspecified atom stereocenters. The summed E-state index contributed by atoms with van der Waals surface area (Å²) in [5.41, 5.74) is 6.99. The summed E-state index contributed by atoms with van der Waals surface area (Å²) in [6, 6.07) is 22.2. The van der Waals surface area contributed by atoms with Crippen LogP contribution in [0.5, 0.6) is 0 Å². The van der Waals surface area contributed by atoms with Gasteiger partial charge in [0.15, 0.2) is 0 Å². The number of alkyl halides is 2. The van der Waals surface area contributed by atoms with Gasteiger partial charge in [0.25, 0.3) is 5.92 Å². The Bertz CT molecular complexity index is 2000. The summed E-state index contributed by atoms with van der Waals surface area (Å²) in [5.74, 6) is -3.56. The SMILES string of the molecule is CC(F)(F)c1ccccc1-c1ccc2cc(-c3c(C4CCCCC4)c4sc(C(=O)O)cc4n3Cc3ccncc3)ccc2n1. The Labute approximate surface area is 257 Å². The quantitative estimate of drug-likeness (QED) is 0.196. The number of carboxylic acid groups (broad SMARTS) is 1. The van der Waals surface area contributed by atoms with Gasteiger partial charge in [-0.1, -0.05) is 55.7 Å². The van der Waals surface area contributed by atoms with E-state index in [1.54, 1.807) is 30.6 Å². The summed E-state index contributed by atoms with van der Waals surface area (Å²) in [7, 11) is 0. The zero-order chi connectivity index (χ0) is 30.4. The number of aromatic carboxylic acids is 1. The molecule has 44 heavy (non-hydrogen) atoms. The maximum Gasteiger partial charge on any atom is 0.345 e. The van der Waals surface area contributed by atoms with Gasteiger partial charge in [-0.2, -0.15) is 0 Å². The van der Waals surface area contributed by atoms with Crippen LogP contribution < -0.4 is 0 Å². The van der Waals surface area contributed by atoms with Crippen LogP contribution in [0.25, 0.3) is 43.6 Å². The smallest absolute Gasteiger partial charge is 0.345 e. The van der Waals surface area contributed by atoms with Crippen molar-refractivity contribution >= 4 is 38.4 Å². The lowest BCUT2D eigenvalue weighted by Crippen LogP contribution is -2.09. The summed E-state index contributed by atoms with van der Waals surface area (Å²) >= 11 is 1.37. The Morgan fingerprint density at radius 2 is 1.77 bits per heavy atom. The minimum absolute atomic E-state index is 0.0460. The van der Waals surface area contributed by atoms with E-state index in [2.05, 4.69) is 21.7 Å². The molecule has 0 amide bonds. The predicted octanol–water partition coefficient (Wildman–Crippen LogP) is 9.89. The number of thiophene rings is 1. The average molecular weight is 608 g/mol. The summed E-state index contributed by atoms with van der Waals surface area (Å²) in [6.45, 7) is 1.49. The lowest BCUT2D eigenvalue weighted by molar-refractivity contribution is 0.0180. The number of hydrogen-bond donors (Lipinski definition) is 1. The van der Waals surface area contributed by atoms with E-state index in [1.165, 1.54) is 29.4 Å². The van der Waals surface area contributed by atoms with Crippen molar-refractivity contribution in [3.63, 3.8) is 0 Å². The van der Waals surface area contributed by atoms with Crippen molar-refractivity contribution in [1.29, 1.82) is 0 Å². The highest BCUT2D eigenvalue weighted by Crippen LogP contribution is 2.47. The lowest BCUT2D eigenvalue weighted by Gasteiger charge is -2.24. The molecule has 1 aliphatic rings. The normalized spacial score (nSPS) is 14.4. The van der Waals surface area contributed by atoms with Gasteiger partial charge in [-0.15, -0.1) is 11.3 Å². The zero-order valence-electron chi connectivity index (χ0n) is 24.3. The maximum atomic E-state index is 14.4. The fraction of sp³-hybridized carbons (Fsp3) is 0.250. The van der Waals surface area contributed by atoms with Crippen molar-refractivity contribution in [1.82, 2.24) is 14.5 Å². The van der Waals surface area contributed by atoms with Gasteiger partial charge in [0, 0.05) is 42.4 Å². The van der Waals surface area contributed by atoms with E-state index in [-0.39, 0.29) is 5.56 Å². The van der Waals surface area contributed by atoms with Crippen LogP contribution in [0, 0.1) is 0 Å². The maximum absolute atomic E-state index is 14.4. The molecular weight excluding hydrogens is 576 g/mol. The Kier molecular flexibility index (Phi) is 7.25. The van der Waals surface area contributed by atoms with Crippen LogP contribution in [-0.2, 0) is 12.5 Å². The average Bonchev–Trinajstić information content (AvgIpc) is 3.59. The molecule has 8 heteroatoms. The number of pyridine rings is 2. The molecule has 222 valence electrons. The first-order valence-corrected chi connectivity index (χ1v) is 15.8. The van der Waals surface area contributed by atoms with Crippen LogP contribution in [-0.4, -0.2) is 25.6 Å². The second-order valence-electron chi connectivity index (χ2n) is 11.7. The van der Waals surface area contributed by atoms with Crippen LogP contribution in [0.15, 0.2) is 85.2 Å². The molecule has 0 saturated heterocycles. The summed E-state index contributed by atoms with van der Waals surface area (Å²) < 4.78 is 32.1. The number of benzene rings is 2. The van der Waals surface area contributed by atoms with Crippen molar-refractivity contribution in [2.75, 3.05) is 0 Å². The minimum Gasteiger partial charge on any atom is -0.477 e. The first kappa shape index (κ1) is 28.3. The van der Waals surface area contributed by atoms with E-state index in [1.807, 2.05) is 36.4 Å². The van der Waals surface area contributed by atoms with E-state index in [0.29, 0.717) is 28.6 Å². The molecule has 2 aromatic carbocycles. The van der Waals surface area contributed by atoms with Gasteiger partial charge in [-0.05, 0) is 71.8 Å². The van der Waals surface area contributed by atoms with Crippen LogP contribution in [0.4, 0.5) is 8.78 Å². The first-order chi connectivity index (χ1) is 21.3. The number of fused-ring (bicyclic) bond motifs is 2. The molecule has 5 nitrogen and oxygen atoms in total. The van der Waals surface area contributed by atoms with E-state index in [9.17, 15) is 18.7 Å². The summed E-state index contributed by atoms with van der Waals surface area (Å²) in [6.07, 6.45) is 9.22. The molecule has 1 saturated carbocycles. The fourth-order valence-electron chi connectivity index (χ4n) is 6.68. The molecule has 1 fully saturated rings. The summed E-state index contributed by atoms with van der Waals surface area (Å²) in [5, 5.41) is 10.8. The number of halogens is 2. The second-order valence-corrected chi connectivity index (χ2v) is 12.8. The van der Waals surface area contributed by atoms with Gasteiger partial charge in [-0.25, -0.2) is 18.6 Å². The van der Waals surface area contributed by atoms with Crippen molar-refractivity contribution in [3.8, 4) is 22.5 Å². The van der Waals surface area contributed by atoms with Gasteiger partial charge in [0.05, 0.1) is 27.1 Å². The Balaban J connectivity index is 1.41. The van der Waals surface area contributed by atoms with E-state index < -0.39 is 11.9 Å². The van der Waals surface area contributed by atoms with Gasteiger partial charge in [0.1, 0.15) is 4.88 Å². The van der Waals surface area contributed by atoms with Crippen molar-refractivity contribution < 1.29 is 18.7 Å². The molecule has 0 radical (unpaired) electrons. The first-order valence-electron chi connectivity index (χ1n) is 14.9. The zero-order valence-corrected chi connectivity index (χ0v) is 25.1. The molecule has 0 aliphatic heterocycles. The predicted molar refractivity (Wildman–Crippen MR) is 172 cm³/mol. The van der Waals surface area contributed by atoms with E-state index in [4.69, 9.17) is 4.98 Å². The van der Waals surface area contributed by atoms with Crippen LogP contribution >= 0.6 is 11.3 Å².